The minimum atomic E-state index is -0.536. The topological polar surface area (TPSA) is 101 Å². The normalized spacial score (nSPS) is 21.1. The van der Waals surface area contributed by atoms with Gasteiger partial charge in [-0.1, -0.05) is 6.07 Å². The van der Waals surface area contributed by atoms with Crippen LogP contribution in [0.15, 0.2) is 47.1 Å². The highest BCUT2D eigenvalue weighted by Crippen LogP contribution is 2.27. The molecule has 2 aliphatic heterocycles. The first kappa shape index (κ1) is 22.9. The molecule has 11 heteroatoms. The zero-order chi connectivity index (χ0) is 24.6. The van der Waals surface area contributed by atoms with Crippen LogP contribution in [0.4, 0.5) is 20.4 Å². The monoisotopic (exact) mass is 494 g/mol. The highest BCUT2D eigenvalue weighted by molar-refractivity contribution is 5.56. The van der Waals surface area contributed by atoms with Gasteiger partial charge in [0.1, 0.15) is 23.3 Å². The van der Waals surface area contributed by atoms with Gasteiger partial charge in [-0.3, -0.25) is 9.80 Å². The number of nitrogens with one attached hydrogen (secondary N) is 1. The van der Waals surface area contributed by atoms with E-state index in [1.807, 2.05) is 0 Å². The predicted molar refractivity (Wildman–Crippen MR) is 131 cm³/mol. The summed E-state index contributed by atoms with van der Waals surface area (Å²) >= 11 is 0. The Morgan fingerprint density at radius 2 is 2.00 bits per heavy atom. The molecule has 2 saturated heterocycles. The number of hydrogen-bond donors (Lipinski definition) is 2. The van der Waals surface area contributed by atoms with Gasteiger partial charge in [-0.25, -0.2) is 8.78 Å². The van der Waals surface area contributed by atoms with Crippen LogP contribution in [0, 0.1) is 17.6 Å². The van der Waals surface area contributed by atoms with E-state index in [9.17, 15) is 8.78 Å². The maximum atomic E-state index is 14.1. The number of benzene rings is 1. The Balaban J connectivity index is 1.04. The molecule has 188 valence electrons. The van der Waals surface area contributed by atoms with Gasteiger partial charge < -0.3 is 15.5 Å². The fraction of sp³-hybridized carbons (Fsp3) is 0.400. The van der Waals surface area contributed by atoms with Gasteiger partial charge in [-0.05, 0) is 37.0 Å². The SMILES string of the molecule is Nc1cc(NCC2CCC3CN(Cc4ccc(F)cc4F)CCN3C2)nc2nc(-c3ccco3)nn12. The fourth-order valence-corrected chi connectivity index (χ4v) is 5.26. The number of aromatic nitrogens is 4. The number of fused-ring (bicyclic) bond motifs is 2. The number of nitrogens with two attached hydrogens (primary N) is 1. The van der Waals surface area contributed by atoms with E-state index < -0.39 is 11.6 Å². The summed E-state index contributed by atoms with van der Waals surface area (Å²) in [6, 6.07) is 9.65. The first-order valence-corrected chi connectivity index (χ1v) is 12.2. The number of anilines is 2. The molecule has 2 unspecified atom stereocenters. The van der Waals surface area contributed by atoms with Gasteiger partial charge in [0.15, 0.2) is 5.76 Å². The smallest absolute Gasteiger partial charge is 0.256 e. The first-order valence-electron chi connectivity index (χ1n) is 12.2. The van der Waals surface area contributed by atoms with E-state index in [2.05, 4.69) is 30.2 Å². The van der Waals surface area contributed by atoms with Crippen LogP contribution < -0.4 is 11.1 Å². The molecule has 0 saturated carbocycles. The summed E-state index contributed by atoms with van der Waals surface area (Å²) < 4.78 is 34.2. The van der Waals surface area contributed by atoms with Crippen molar-refractivity contribution in [2.24, 2.45) is 5.92 Å². The van der Waals surface area contributed by atoms with E-state index in [-0.39, 0.29) is 0 Å². The van der Waals surface area contributed by atoms with Gasteiger partial charge in [0.2, 0.25) is 5.82 Å². The summed E-state index contributed by atoms with van der Waals surface area (Å²) in [4.78, 5) is 13.8. The van der Waals surface area contributed by atoms with Gasteiger partial charge >= 0.3 is 0 Å². The van der Waals surface area contributed by atoms with Crippen LogP contribution in [0.3, 0.4) is 0 Å². The lowest BCUT2D eigenvalue weighted by Crippen LogP contribution is -2.56. The number of nitrogen functional groups attached to an aromatic ring is 1. The van der Waals surface area contributed by atoms with E-state index in [1.165, 1.54) is 10.6 Å². The number of piperidine rings is 1. The van der Waals surface area contributed by atoms with Gasteiger partial charge in [-0.15, -0.1) is 5.10 Å². The quantitative estimate of drug-likeness (QED) is 0.421. The summed E-state index contributed by atoms with van der Waals surface area (Å²) in [5.74, 6) is 2.02. The van der Waals surface area contributed by atoms with Crippen molar-refractivity contribution in [2.45, 2.75) is 25.4 Å². The van der Waals surface area contributed by atoms with Crippen molar-refractivity contribution in [3.8, 4) is 11.6 Å². The highest BCUT2D eigenvalue weighted by Gasteiger charge is 2.33. The van der Waals surface area contributed by atoms with Crippen molar-refractivity contribution >= 4 is 17.4 Å². The lowest BCUT2D eigenvalue weighted by Gasteiger charge is -2.46. The third-order valence-electron chi connectivity index (χ3n) is 7.15. The van der Waals surface area contributed by atoms with Gasteiger partial charge in [0, 0.05) is 63.0 Å². The van der Waals surface area contributed by atoms with E-state index >= 15 is 0 Å². The van der Waals surface area contributed by atoms with Crippen LogP contribution in [0.1, 0.15) is 18.4 Å². The molecule has 3 aromatic heterocycles. The number of furan rings is 1. The van der Waals surface area contributed by atoms with Crippen LogP contribution in [0.5, 0.6) is 0 Å². The lowest BCUT2D eigenvalue weighted by atomic mass is 9.91. The number of piperazine rings is 1. The molecule has 2 fully saturated rings. The van der Waals surface area contributed by atoms with Crippen LogP contribution in [-0.4, -0.2) is 68.1 Å². The Hall–Kier alpha value is -3.57. The zero-order valence-electron chi connectivity index (χ0n) is 19.8. The second kappa shape index (κ2) is 9.47. The van der Waals surface area contributed by atoms with Crippen molar-refractivity contribution in [2.75, 3.05) is 43.8 Å². The molecule has 0 bridgehead atoms. The minimum Gasteiger partial charge on any atom is -0.461 e. The van der Waals surface area contributed by atoms with Gasteiger partial charge in [-0.2, -0.15) is 14.5 Å². The molecule has 5 heterocycles. The lowest BCUT2D eigenvalue weighted by molar-refractivity contribution is 0.0269. The average Bonchev–Trinajstić information content (AvgIpc) is 3.55. The molecule has 3 N–H and O–H groups in total. The molecule has 2 atom stereocenters. The van der Waals surface area contributed by atoms with Crippen molar-refractivity contribution in [1.82, 2.24) is 29.4 Å². The largest absolute Gasteiger partial charge is 0.461 e. The summed E-state index contributed by atoms with van der Waals surface area (Å²) in [5.41, 5.74) is 6.75. The maximum absolute atomic E-state index is 14.1. The highest BCUT2D eigenvalue weighted by atomic mass is 19.1. The second-order valence-corrected chi connectivity index (χ2v) is 9.63. The van der Waals surface area contributed by atoms with E-state index in [4.69, 9.17) is 10.2 Å². The molecule has 0 amide bonds. The standard InChI is InChI=1S/C25H28F2N8O/c26-18-5-4-17(20(27)10-18)14-33-7-8-34-13-16(3-6-19(34)15-33)12-29-23-11-22(28)35-25(30-23)31-24(32-35)21-2-1-9-36-21/h1-2,4-5,9-11,16,19H,3,6-8,12-15,28H2,(H,29,30,31,32). The number of halogens is 2. The molecule has 2 aliphatic rings. The number of hydrogen-bond acceptors (Lipinski definition) is 8. The molecular formula is C25H28F2N8O. The third kappa shape index (κ3) is 4.63. The number of rotatable bonds is 6. The molecule has 0 radical (unpaired) electrons. The molecule has 0 aliphatic carbocycles. The van der Waals surface area contributed by atoms with Crippen molar-refractivity contribution in [3.05, 3.63) is 59.9 Å². The number of nitrogens with zero attached hydrogens (tertiary/aromatic N) is 6. The second-order valence-electron chi connectivity index (χ2n) is 9.63. The summed E-state index contributed by atoms with van der Waals surface area (Å²) in [6.45, 7) is 5.01. The van der Waals surface area contributed by atoms with Crippen LogP contribution in [-0.2, 0) is 6.54 Å². The average molecular weight is 495 g/mol. The van der Waals surface area contributed by atoms with Crippen molar-refractivity contribution in [1.29, 1.82) is 0 Å². The van der Waals surface area contributed by atoms with Gasteiger partial charge in [0.05, 0.1) is 6.26 Å². The van der Waals surface area contributed by atoms with E-state index in [1.54, 1.807) is 30.5 Å². The molecule has 6 rings (SSSR count). The first-order chi connectivity index (χ1) is 17.5. The molecule has 0 spiro atoms. The van der Waals surface area contributed by atoms with Crippen molar-refractivity contribution in [3.63, 3.8) is 0 Å². The predicted octanol–water partition coefficient (Wildman–Crippen LogP) is 3.25. The maximum Gasteiger partial charge on any atom is 0.256 e. The third-order valence-corrected chi connectivity index (χ3v) is 7.15. The minimum absolute atomic E-state index is 0.418. The summed E-state index contributed by atoms with van der Waals surface area (Å²) in [7, 11) is 0. The Labute approximate surface area is 206 Å². The fourth-order valence-electron chi connectivity index (χ4n) is 5.26. The van der Waals surface area contributed by atoms with Crippen molar-refractivity contribution < 1.29 is 13.2 Å². The zero-order valence-corrected chi connectivity index (χ0v) is 19.8. The Morgan fingerprint density at radius 1 is 1.08 bits per heavy atom. The Bertz CT molecular complexity index is 1360. The van der Waals surface area contributed by atoms with E-state index in [0.717, 1.165) is 51.6 Å². The summed E-state index contributed by atoms with van der Waals surface area (Å²) in [6.07, 6.45) is 3.75. The van der Waals surface area contributed by atoms with E-state index in [0.29, 0.717) is 53.1 Å². The molecule has 1 aromatic carbocycles. The molecular weight excluding hydrogens is 466 g/mol. The molecule has 4 aromatic rings. The molecule has 36 heavy (non-hydrogen) atoms. The molecule has 9 nitrogen and oxygen atoms in total. The van der Waals surface area contributed by atoms with Crippen LogP contribution in [0.25, 0.3) is 17.4 Å². The van der Waals surface area contributed by atoms with Gasteiger partial charge in [0.25, 0.3) is 5.78 Å². The van der Waals surface area contributed by atoms with Crippen LogP contribution >= 0.6 is 0 Å². The van der Waals surface area contributed by atoms with Crippen LogP contribution in [0.2, 0.25) is 0 Å². The summed E-state index contributed by atoms with van der Waals surface area (Å²) in [5, 5.41) is 7.81. The Kier molecular flexibility index (Phi) is 6.02. The Morgan fingerprint density at radius 3 is 2.83 bits per heavy atom.